The van der Waals surface area contributed by atoms with Crippen molar-refractivity contribution in [1.82, 2.24) is 15.5 Å². The minimum atomic E-state index is -0.858. The van der Waals surface area contributed by atoms with Crippen LogP contribution in [-0.4, -0.2) is 74.9 Å². The van der Waals surface area contributed by atoms with Crippen LogP contribution in [0, 0.1) is 11.6 Å². The molecule has 7 nitrogen and oxygen atoms in total. The molecule has 2 aromatic carbocycles. The second kappa shape index (κ2) is 11.5. The number of hydrogen-bond donors (Lipinski definition) is 2. The van der Waals surface area contributed by atoms with Crippen molar-refractivity contribution >= 4 is 11.8 Å². The molecule has 1 aliphatic heterocycles. The number of amides is 2. The van der Waals surface area contributed by atoms with Gasteiger partial charge in [0.2, 0.25) is 5.91 Å². The van der Waals surface area contributed by atoms with Crippen molar-refractivity contribution < 1.29 is 27.8 Å². The summed E-state index contributed by atoms with van der Waals surface area (Å²) < 4.78 is 37.3. The van der Waals surface area contributed by atoms with Gasteiger partial charge in [-0.2, -0.15) is 0 Å². The van der Waals surface area contributed by atoms with Gasteiger partial charge in [0, 0.05) is 37.2 Å². The lowest BCUT2D eigenvalue weighted by molar-refractivity contribution is -0.138. The molecule has 2 N–H and O–H groups in total. The average molecular weight is 474 g/mol. The summed E-state index contributed by atoms with van der Waals surface area (Å²) in [6.07, 6.45) is 0.984. The molecule has 1 aliphatic carbocycles. The molecular weight excluding hydrogens is 444 g/mol. The zero-order valence-corrected chi connectivity index (χ0v) is 18.8. The number of nitrogens with one attached hydrogen (secondary N) is 2. The predicted octanol–water partition coefficient (Wildman–Crippen LogP) is 2.08. The van der Waals surface area contributed by atoms with Crippen molar-refractivity contribution in [3.63, 3.8) is 0 Å². The molecule has 1 saturated carbocycles. The van der Waals surface area contributed by atoms with Gasteiger partial charge in [0.25, 0.3) is 5.91 Å². The van der Waals surface area contributed by atoms with Gasteiger partial charge in [-0.25, -0.2) is 8.78 Å². The van der Waals surface area contributed by atoms with Gasteiger partial charge in [-0.1, -0.05) is 12.1 Å². The first-order chi connectivity index (χ1) is 16.5. The number of halogens is 2. The Morgan fingerprint density at radius 2 is 1.68 bits per heavy atom. The number of morpholine rings is 1. The fourth-order valence-electron chi connectivity index (χ4n) is 4.04. The van der Waals surface area contributed by atoms with Crippen LogP contribution in [0.3, 0.4) is 0 Å². The second-order valence-corrected chi connectivity index (χ2v) is 8.50. The molecule has 34 heavy (non-hydrogen) atoms. The van der Waals surface area contributed by atoms with E-state index in [2.05, 4.69) is 10.6 Å². The number of rotatable bonds is 10. The summed E-state index contributed by atoms with van der Waals surface area (Å²) in [4.78, 5) is 27.3. The maximum absolute atomic E-state index is 13.2. The summed E-state index contributed by atoms with van der Waals surface area (Å²) >= 11 is 0. The highest BCUT2D eigenvalue weighted by Crippen LogP contribution is 2.40. The van der Waals surface area contributed by atoms with Gasteiger partial charge in [0.1, 0.15) is 17.7 Å². The van der Waals surface area contributed by atoms with Gasteiger partial charge < -0.3 is 25.0 Å². The van der Waals surface area contributed by atoms with E-state index in [-0.39, 0.29) is 23.9 Å². The number of benzene rings is 2. The third-order valence-electron chi connectivity index (χ3n) is 6.06. The smallest absolute Gasteiger partial charge is 0.251 e. The van der Waals surface area contributed by atoms with Crippen LogP contribution < -0.4 is 10.6 Å². The molecule has 182 valence electrons. The fourth-order valence-corrected chi connectivity index (χ4v) is 4.04. The van der Waals surface area contributed by atoms with E-state index in [4.69, 9.17) is 9.47 Å². The Kier molecular flexibility index (Phi) is 8.21. The predicted molar refractivity (Wildman–Crippen MR) is 121 cm³/mol. The zero-order valence-electron chi connectivity index (χ0n) is 18.8. The quantitative estimate of drug-likeness (QED) is 0.517. The summed E-state index contributed by atoms with van der Waals surface area (Å²) in [7, 11) is 0. The van der Waals surface area contributed by atoms with Gasteiger partial charge in [0.05, 0.1) is 26.4 Å². The topological polar surface area (TPSA) is 79.9 Å². The molecule has 9 heteroatoms. The molecule has 4 rings (SSSR count). The minimum absolute atomic E-state index is 0.0247. The highest BCUT2D eigenvalue weighted by atomic mass is 19.1. The number of hydrogen-bond acceptors (Lipinski definition) is 5. The molecule has 1 heterocycles. The van der Waals surface area contributed by atoms with E-state index in [0.29, 0.717) is 51.4 Å². The maximum Gasteiger partial charge on any atom is 0.251 e. The van der Waals surface area contributed by atoms with Crippen molar-refractivity contribution in [2.75, 3.05) is 46.1 Å². The largest absolute Gasteiger partial charge is 0.378 e. The fraction of sp³-hybridized carbons (Fsp3) is 0.440. The zero-order chi connectivity index (χ0) is 23.9. The molecule has 3 atom stereocenters. The highest BCUT2D eigenvalue weighted by Gasteiger charge is 2.37. The molecule has 1 saturated heterocycles. The molecular formula is C25H29F2N3O4. The number of nitrogens with zero attached hydrogens (tertiary/aromatic N) is 1. The monoisotopic (exact) mass is 473 g/mol. The highest BCUT2D eigenvalue weighted by molar-refractivity contribution is 5.97. The lowest BCUT2D eigenvalue weighted by Crippen LogP contribution is -2.53. The summed E-state index contributed by atoms with van der Waals surface area (Å²) in [6.45, 7) is 2.79. The summed E-state index contributed by atoms with van der Waals surface area (Å²) in [5.74, 6) is -1.01. The molecule has 2 aliphatic rings. The van der Waals surface area contributed by atoms with Gasteiger partial charge >= 0.3 is 0 Å². The Morgan fingerprint density at radius 3 is 2.35 bits per heavy atom. The van der Waals surface area contributed by atoms with E-state index in [1.54, 1.807) is 4.90 Å². The maximum atomic E-state index is 13.2. The van der Waals surface area contributed by atoms with Crippen LogP contribution in [0.2, 0.25) is 0 Å². The van der Waals surface area contributed by atoms with Crippen molar-refractivity contribution in [2.45, 2.75) is 24.4 Å². The van der Waals surface area contributed by atoms with E-state index in [1.165, 1.54) is 36.4 Å². The number of carbonyl (C=O) groups is 2. The normalized spacial score (nSPS) is 20.6. The van der Waals surface area contributed by atoms with Crippen LogP contribution in [0.5, 0.6) is 0 Å². The molecule has 2 fully saturated rings. The van der Waals surface area contributed by atoms with Crippen LogP contribution in [0.1, 0.15) is 28.3 Å². The Labute approximate surface area is 197 Å². The minimum Gasteiger partial charge on any atom is -0.378 e. The SMILES string of the molecule is O=C(NC(COCCN[C@@H]1C[C@H]1c1ccc(F)cc1)C(=O)N1CCOCC1)c1ccc(F)cc1. The first-order valence-electron chi connectivity index (χ1n) is 11.5. The van der Waals surface area contributed by atoms with Crippen molar-refractivity contribution in [1.29, 1.82) is 0 Å². The summed E-state index contributed by atoms with van der Waals surface area (Å²) in [6, 6.07) is 11.2. The van der Waals surface area contributed by atoms with Crippen molar-refractivity contribution in [2.24, 2.45) is 0 Å². The third-order valence-corrected chi connectivity index (χ3v) is 6.06. The van der Waals surface area contributed by atoms with E-state index in [1.807, 2.05) is 12.1 Å². The second-order valence-electron chi connectivity index (χ2n) is 8.50. The standard InChI is InChI=1S/C25H29F2N3O4/c26-19-5-1-17(2-6-19)21-15-22(21)28-9-12-34-16-23(25(32)30-10-13-33-14-11-30)29-24(31)18-3-7-20(27)8-4-18/h1-8,21-23,28H,9-16H2,(H,29,31)/t21-,22+,23?/m0/s1. The molecule has 0 spiro atoms. The van der Waals surface area contributed by atoms with Crippen LogP contribution in [0.4, 0.5) is 8.78 Å². The summed E-state index contributed by atoms with van der Waals surface area (Å²) in [5, 5.41) is 6.13. The number of ether oxygens (including phenoxy) is 2. The van der Waals surface area contributed by atoms with Gasteiger partial charge in [0.15, 0.2) is 0 Å². The lowest BCUT2D eigenvalue weighted by Gasteiger charge is -2.30. The number of carbonyl (C=O) groups excluding carboxylic acids is 2. The first-order valence-corrected chi connectivity index (χ1v) is 11.5. The lowest BCUT2D eigenvalue weighted by atomic mass is 10.1. The Balaban J connectivity index is 1.25. The van der Waals surface area contributed by atoms with Gasteiger partial charge in [-0.15, -0.1) is 0 Å². The molecule has 0 aromatic heterocycles. The summed E-state index contributed by atoms with van der Waals surface area (Å²) in [5.41, 5.74) is 1.38. The molecule has 1 unspecified atom stereocenters. The van der Waals surface area contributed by atoms with E-state index in [0.717, 1.165) is 12.0 Å². The first kappa shape index (κ1) is 24.3. The molecule has 2 amide bonds. The Morgan fingerprint density at radius 1 is 1.03 bits per heavy atom. The average Bonchev–Trinajstić information content (AvgIpc) is 3.63. The van der Waals surface area contributed by atoms with E-state index in [9.17, 15) is 18.4 Å². The van der Waals surface area contributed by atoms with E-state index >= 15 is 0 Å². The van der Waals surface area contributed by atoms with E-state index < -0.39 is 17.8 Å². The molecule has 2 aromatic rings. The van der Waals surface area contributed by atoms with Crippen LogP contribution >= 0.6 is 0 Å². The Hall–Kier alpha value is -2.88. The van der Waals surface area contributed by atoms with Gasteiger partial charge in [-0.05, 0) is 48.4 Å². The molecule has 0 radical (unpaired) electrons. The van der Waals surface area contributed by atoms with Crippen LogP contribution in [0.25, 0.3) is 0 Å². The van der Waals surface area contributed by atoms with Crippen molar-refractivity contribution in [3.8, 4) is 0 Å². The van der Waals surface area contributed by atoms with Crippen LogP contribution in [-0.2, 0) is 14.3 Å². The van der Waals surface area contributed by atoms with Gasteiger partial charge in [-0.3, -0.25) is 9.59 Å². The van der Waals surface area contributed by atoms with Crippen LogP contribution in [0.15, 0.2) is 48.5 Å². The van der Waals surface area contributed by atoms with Crippen molar-refractivity contribution in [3.05, 3.63) is 71.3 Å². The Bertz CT molecular complexity index is 965. The third kappa shape index (κ3) is 6.59. The molecule has 0 bridgehead atoms.